The van der Waals surface area contributed by atoms with E-state index in [4.69, 9.17) is 13.6 Å². The number of methoxy groups -OCH3 is 1. The minimum absolute atomic E-state index is 0.248. The third kappa shape index (κ3) is 3.42. The van der Waals surface area contributed by atoms with E-state index in [0.29, 0.717) is 24.5 Å². The van der Waals surface area contributed by atoms with Crippen LogP contribution in [0.15, 0.2) is 57.9 Å². The second-order valence-electron chi connectivity index (χ2n) is 4.85. The van der Waals surface area contributed by atoms with Gasteiger partial charge in [0.1, 0.15) is 11.5 Å². The molecule has 0 atom stereocenters. The lowest BCUT2D eigenvalue weighted by molar-refractivity contribution is 0.0949. The fourth-order valence-corrected chi connectivity index (χ4v) is 2.21. The fourth-order valence-electron chi connectivity index (χ4n) is 2.21. The summed E-state index contributed by atoms with van der Waals surface area (Å²) in [4.78, 5) is 16.3. The molecule has 0 saturated carbocycles. The number of carbonyl (C=O) groups excluding carboxylic acids is 1. The van der Waals surface area contributed by atoms with E-state index in [-0.39, 0.29) is 11.6 Å². The van der Waals surface area contributed by atoms with Crippen LogP contribution in [0.25, 0.3) is 11.3 Å². The maximum absolute atomic E-state index is 12.3. The summed E-state index contributed by atoms with van der Waals surface area (Å²) in [5, 5.41) is 2.81. The van der Waals surface area contributed by atoms with Crippen LogP contribution in [0.2, 0.25) is 0 Å². The number of benzene rings is 1. The normalized spacial score (nSPS) is 10.5. The molecule has 23 heavy (non-hydrogen) atoms. The molecular weight excluding hydrogens is 296 g/mol. The van der Waals surface area contributed by atoms with E-state index in [0.717, 1.165) is 11.3 Å². The van der Waals surface area contributed by atoms with Crippen molar-refractivity contribution in [2.45, 2.75) is 6.42 Å². The van der Waals surface area contributed by atoms with Gasteiger partial charge in [0.05, 0.1) is 13.4 Å². The van der Waals surface area contributed by atoms with E-state index in [1.807, 2.05) is 30.3 Å². The SMILES string of the molecule is COc1cccc(-c2ocnc2C(=O)NCCc2ccco2)c1. The lowest BCUT2D eigenvalue weighted by Crippen LogP contribution is -2.26. The maximum atomic E-state index is 12.3. The Hall–Kier alpha value is -3.02. The van der Waals surface area contributed by atoms with Gasteiger partial charge in [-0.2, -0.15) is 0 Å². The van der Waals surface area contributed by atoms with Crippen LogP contribution in [-0.2, 0) is 6.42 Å². The zero-order valence-corrected chi connectivity index (χ0v) is 12.6. The van der Waals surface area contributed by atoms with Gasteiger partial charge in [-0.15, -0.1) is 0 Å². The lowest BCUT2D eigenvalue weighted by Gasteiger charge is -2.05. The van der Waals surface area contributed by atoms with Gasteiger partial charge in [-0.05, 0) is 24.3 Å². The van der Waals surface area contributed by atoms with Crippen molar-refractivity contribution in [3.63, 3.8) is 0 Å². The molecule has 1 N–H and O–H groups in total. The molecule has 1 amide bonds. The van der Waals surface area contributed by atoms with E-state index in [1.165, 1.54) is 6.39 Å². The van der Waals surface area contributed by atoms with Crippen LogP contribution in [0.4, 0.5) is 0 Å². The molecule has 2 aromatic heterocycles. The van der Waals surface area contributed by atoms with Crippen molar-refractivity contribution < 1.29 is 18.4 Å². The molecule has 0 aliphatic carbocycles. The van der Waals surface area contributed by atoms with Crippen molar-refractivity contribution in [2.75, 3.05) is 13.7 Å². The topological polar surface area (TPSA) is 77.5 Å². The summed E-state index contributed by atoms with van der Waals surface area (Å²) in [7, 11) is 1.59. The van der Waals surface area contributed by atoms with Gasteiger partial charge in [-0.1, -0.05) is 12.1 Å². The first kappa shape index (κ1) is 14.9. The third-order valence-electron chi connectivity index (χ3n) is 3.35. The highest BCUT2D eigenvalue weighted by atomic mass is 16.5. The Morgan fingerprint density at radius 3 is 2.96 bits per heavy atom. The second-order valence-corrected chi connectivity index (χ2v) is 4.85. The Balaban J connectivity index is 1.70. The lowest BCUT2D eigenvalue weighted by atomic mass is 10.1. The molecule has 6 nitrogen and oxygen atoms in total. The smallest absolute Gasteiger partial charge is 0.273 e. The zero-order valence-electron chi connectivity index (χ0n) is 12.6. The van der Waals surface area contributed by atoms with Crippen molar-refractivity contribution in [3.05, 3.63) is 60.5 Å². The average Bonchev–Trinajstić information content (AvgIpc) is 3.26. The molecule has 0 aliphatic rings. The number of furan rings is 1. The maximum Gasteiger partial charge on any atom is 0.273 e. The molecule has 0 saturated heterocycles. The van der Waals surface area contributed by atoms with E-state index in [2.05, 4.69) is 10.3 Å². The van der Waals surface area contributed by atoms with Gasteiger partial charge < -0.3 is 18.9 Å². The first-order valence-electron chi connectivity index (χ1n) is 7.16. The number of carbonyl (C=O) groups is 1. The predicted molar refractivity (Wildman–Crippen MR) is 83.2 cm³/mol. The second kappa shape index (κ2) is 6.83. The minimum Gasteiger partial charge on any atom is -0.497 e. The summed E-state index contributed by atoms with van der Waals surface area (Å²) in [6, 6.07) is 11.0. The minimum atomic E-state index is -0.289. The van der Waals surface area contributed by atoms with Crippen molar-refractivity contribution >= 4 is 5.91 Å². The predicted octanol–water partition coefficient (Wildman–Crippen LogP) is 2.92. The van der Waals surface area contributed by atoms with Gasteiger partial charge in [0, 0.05) is 18.5 Å². The summed E-state index contributed by atoms with van der Waals surface area (Å²) >= 11 is 0. The molecule has 6 heteroatoms. The Morgan fingerprint density at radius 2 is 2.17 bits per heavy atom. The summed E-state index contributed by atoms with van der Waals surface area (Å²) in [6.45, 7) is 0.455. The highest BCUT2D eigenvalue weighted by molar-refractivity contribution is 5.97. The monoisotopic (exact) mass is 312 g/mol. The molecule has 0 fully saturated rings. The first-order chi connectivity index (χ1) is 11.3. The number of nitrogens with zero attached hydrogens (tertiary/aromatic N) is 1. The standard InChI is InChI=1S/C17H16N2O4/c1-21-14-5-2-4-12(10-14)16-15(19-11-23-16)17(20)18-8-7-13-6-3-9-22-13/h2-6,9-11H,7-8H2,1H3,(H,18,20). The Kier molecular flexibility index (Phi) is 4.42. The van der Waals surface area contributed by atoms with Crippen LogP contribution in [0.5, 0.6) is 5.75 Å². The van der Waals surface area contributed by atoms with Crippen molar-refractivity contribution in [1.29, 1.82) is 0 Å². The van der Waals surface area contributed by atoms with Crippen LogP contribution in [0, 0.1) is 0 Å². The number of hydrogen-bond donors (Lipinski definition) is 1. The quantitative estimate of drug-likeness (QED) is 0.757. The molecule has 0 spiro atoms. The van der Waals surface area contributed by atoms with E-state index < -0.39 is 0 Å². The highest BCUT2D eigenvalue weighted by Gasteiger charge is 2.18. The fraction of sp³-hybridized carbons (Fsp3) is 0.176. The molecule has 0 bridgehead atoms. The number of rotatable bonds is 6. The number of hydrogen-bond acceptors (Lipinski definition) is 5. The number of amides is 1. The summed E-state index contributed by atoms with van der Waals surface area (Å²) < 4.78 is 15.8. The Morgan fingerprint density at radius 1 is 1.26 bits per heavy atom. The van der Waals surface area contributed by atoms with Gasteiger partial charge in [0.2, 0.25) is 0 Å². The van der Waals surface area contributed by atoms with Gasteiger partial charge in [-0.3, -0.25) is 4.79 Å². The molecule has 2 heterocycles. The molecular formula is C17H16N2O4. The molecule has 0 radical (unpaired) electrons. The number of nitrogens with one attached hydrogen (secondary N) is 1. The number of ether oxygens (including phenoxy) is 1. The van der Waals surface area contributed by atoms with Crippen molar-refractivity contribution in [2.24, 2.45) is 0 Å². The number of oxazole rings is 1. The Bertz CT molecular complexity index is 778. The summed E-state index contributed by atoms with van der Waals surface area (Å²) in [5.74, 6) is 1.63. The van der Waals surface area contributed by atoms with Crippen LogP contribution in [-0.4, -0.2) is 24.5 Å². The third-order valence-corrected chi connectivity index (χ3v) is 3.35. The molecule has 3 aromatic rings. The van der Waals surface area contributed by atoms with E-state index in [1.54, 1.807) is 19.4 Å². The Labute approximate surface area is 133 Å². The molecule has 3 rings (SSSR count). The van der Waals surface area contributed by atoms with Crippen molar-refractivity contribution in [3.8, 4) is 17.1 Å². The van der Waals surface area contributed by atoms with Crippen LogP contribution in [0.3, 0.4) is 0 Å². The molecule has 0 unspecified atom stereocenters. The van der Waals surface area contributed by atoms with Crippen LogP contribution in [0.1, 0.15) is 16.2 Å². The summed E-state index contributed by atoms with van der Waals surface area (Å²) in [6.07, 6.45) is 3.48. The molecule has 118 valence electrons. The molecule has 1 aromatic carbocycles. The highest BCUT2D eigenvalue weighted by Crippen LogP contribution is 2.26. The molecule has 0 aliphatic heterocycles. The largest absolute Gasteiger partial charge is 0.497 e. The first-order valence-corrected chi connectivity index (χ1v) is 7.16. The van der Waals surface area contributed by atoms with Crippen LogP contribution >= 0.6 is 0 Å². The van der Waals surface area contributed by atoms with Crippen molar-refractivity contribution in [1.82, 2.24) is 10.3 Å². The van der Waals surface area contributed by atoms with Crippen LogP contribution < -0.4 is 10.1 Å². The van der Waals surface area contributed by atoms with E-state index >= 15 is 0 Å². The van der Waals surface area contributed by atoms with Gasteiger partial charge in [0.15, 0.2) is 17.8 Å². The zero-order chi connectivity index (χ0) is 16.1. The number of aromatic nitrogens is 1. The van der Waals surface area contributed by atoms with Gasteiger partial charge in [-0.25, -0.2) is 4.98 Å². The van der Waals surface area contributed by atoms with E-state index in [9.17, 15) is 4.79 Å². The van der Waals surface area contributed by atoms with Gasteiger partial charge in [0.25, 0.3) is 5.91 Å². The van der Waals surface area contributed by atoms with Gasteiger partial charge >= 0.3 is 0 Å². The average molecular weight is 312 g/mol. The summed E-state index contributed by atoms with van der Waals surface area (Å²) in [5.41, 5.74) is 0.982.